The van der Waals surface area contributed by atoms with Crippen molar-refractivity contribution in [3.63, 3.8) is 0 Å². The predicted molar refractivity (Wildman–Crippen MR) is 111 cm³/mol. The minimum absolute atomic E-state index is 0.0660. The topological polar surface area (TPSA) is 65.0 Å². The predicted octanol–water partition coefficient (Wildman–Crippen LogP) is 4.37. The molecule has 0 radical (unpaired) electrons. The zero-order chi connectivity index (χ0) is 21.5. The largest absolute Gasteiger partial charge is 0.460 e. The van der Waals surface area contributed by atoms with Gasteiger partial charge < -0.3 is 9.47 Å². The molecule has 0 unspecified atom stereocenters. The molecule has 0 aromatic heterocycles. The molecule has 1 aromatic carbocycles. The van der Waals surface area contributed by atoms with E-state index in [4.69, 9.17) is 14.5 Å². The second-order valence-corrected chi connectivity index (χ2v) is 9.33. The lowest BCUT2D eigenvalue weighted by Crippen LogP contribution is -2.44. The number of ketones is 1. The minimum atomic E-state index is -0.516. The lowest BCUT2D eigenvalue weighted by Gasteiger charge is -2.41. The van der Waals surface area contributed by atoms with Crippen LogP contribution in [0.4, 0.5) is 4.39 Å². The highest BCUT2D eigenvalue weighted by atomic mass is 19.1. The van der Waals surface area contributed by atoms with Gasteiger partial charge in [0.25, 0.3) is 0 Å². The van der Waals surface area contributed by atoms with Gasteiger partial charge >= 0.3 is 5.97 Å². The summed E-state index contributed by atoms with van der Waals surface area (Å²) in [4.78, 5) is 31.0. The number of halogens is 1. The Hall–Kier alpha value is -2.34. The van der Waals surface area contributed by atoms with Crippen molar-refractivity contribution in [3.05, 3.63) is 46.9 Å². The Balaban J connectivity index is 1.71. The van der Waals surface area contributed by atoms with Gasteiger partial charge in [-0.2, -0.15) is 0 Å². The zero-order valence-electron chi connectivity index (χ0n) is 17.7. The van der Waals surface area contributed by atoms with Crippen molar-refractivity contribution in [3.8, 4) is 0 Å². The number of benzene rings is 1. The maximum atomic E-state index is 13.6. The van der Waals surface area contributed by atoms with Crippen LogP contribution < -0.4 is 0 Å². The summed E-state index contributed by atoms with van der Waals surface area (Å²) >= 11 is 0. The number of rotatable bonds is 4. The van der Waals surface area contributed by atoms with Gasteiger partial charge in [-0.3, -0.25) is 9.79 Å². The first-order valence-corrected chi connectivity index (χ1v) is 10.6. The number of nitrogens with zero attached hydrogens (tertiary/aromatic N) is 1. The summed E-state index contributed by atoms with van der Waals surface area (Å²) in [5.74, 6) is -1.80. The van der Waals surface area contributed by atoms with Crippen LogP contribution in [-0.4, -0.2) is 36.8 Å². The van der Waals surface area contributed by atoms with Crippen molar-refractivity contribution in [1.29, 1.82) is 0 Å². The molecule has 30 heavy (non-hydrogen) atoms. The van der Waals surface area contributed by atoms with Crippen molar-refractivity contribution in [2.24, 2.45) is 16.3 Å². The van der Waals surface area contributed by atoms with Crippen LogP contribution in [0.3, 0.4) is 0 Å². The summed E-state index contributed by atoms with van der Waals surface area (Å²) in [5.41, 5.74) is 2.32. The molecule has 2 aliphatic heterocycles. The second-order valence-electron chi connectivity index (χ2n) is 9.33. The summed E-state index contributed by atoms with van der Waals surface area (Å²) < 4.78 is 24.7. The number of hydrogen-bond acceptors (Lipinski definition) is 5. The Morgan fingerprint density at radius 1 is 1.23 bits per heavy atom. The summed E-state index contributed by atoms with van der Waals surface area (Å²) in [5, 5.41) is 0. The van der Waals surface area contributed by atoms with E-state index in [0.29, 0.717) is 30.7 Å². The van der Waals surface area contributed by atoms with Crippen LogP contribution in [0.15, 0.2) is 40.5 Å². The molecule has 0 amide bonds. The second kappa shape index (κ2) is 8.06. The molecule has 6 heteroatoms. The van der Waals surface area contributed by atoms with E-state index in [1.54, 1.807) is 19.1 Å². The molecule has 1 aromatic rings. The Morgan fingerprint density at radius 2 is 1.97 bits per heavy atom. The molecule has 0 bridgehead atoms. The number of fused-ring (bicyclic) bond motifs is 1. The quantitative estimate of drug-likeness (QED) is 0.688. The summed E-state index contributed by atoms with van der Waals surface area (Å²) in [6.07, 6.45) is 2.86. The van der Waals surface area contributed by atoms with Crippen LogP contribution in [0.25, 0.3) is 0 Å². The van der Waals surface area contributed by atoms with Crippen molar-refractivity contribution in [1.82, 2.24) is 0 Å². The monoisotopic (exact) mass is 413 g/mol. The Kier molecular flexibility index (Phi) is 5.62. The van der Waals surface area contributed by atoms with Crippen LogP contribution in [0.1, 0.15) is 57.9 Å². The molecule has 5 nitrogen and oxygen atoms in total. The maximum Gasteiger partial charge on any atom is 0.336 e. The van der Waals surface area contributed by atoms with Gasteiger partial charge in [-0.1, -0.05) is 26.0 Å². The van der Waals surface area contributed by atoms with Crippen molar-refractivity contribution < 1.29 is 23.5 Å². The third-order valence-corrected chi connectivity index (χ3v) is 6.24. The first-order chi connectivity index (χ1) is 14.2. The molecule has 0 spiro atoms. The summed E-state index contributed by atoms with van der Waals surface area (Å²) in [7, 11) is 0. The molecule has 2 fully saturated rings. The van der Waals surface area contributed by atoms with E-state index < -0.39 is 17.8 Å². The molecule has 3 atom stereocenters. The average molecular weight is 413 g/mol. The highest BCUT2D eigenvalue weighted by molar-refractivity contribution is 6.12. The number of Topliss-reactive ketones (excluding diaryl/α,β-unsaturated/α-hetero) is 1. The van der Waals surface area contributed by atoms with Crippen molar-refractivity contribution in [2.45, 2.75) is 58.5 Å². The van der Waals surface area contributed by atoms with Gasteiger partial charge in [-0.15, -0.1) is 0 Å². The third-order valence-electron chi connectivity index (χ3n) is 6.24. The number of allylic oxidation sites excluding steroid dienone is 1. The molecule has 4 rings (SSSR count). The van der Waals surface area contributed by atoms with E-state index >= 15 is 0 Å². The SMILES string of the molecule is CC1=C(C(=O)OC[C@H]2CCCO2)[C@H](c2ccc(F)cc2)[C@H]2C(=O)CC(C)(C)CC2=N1. The highest BCUT2D eigenvalue weighted by Crippen LogP contribution is 2.47. The Labute approximate surface area is 176 Å². The molecule has 2 heterocycles. The van der Waals surface area contributed by atoms with E-state index in [0.717, 1.165) is 24.1 Å². The Morgan fingerprint density at radius 3 is 2.63 bits per heavy atom. The molecule has 1 saturated heterocycles. The van der Waals surface area contributed by atoms with E-state index in [1.807, 2.05) is 0 Å². The number of hydrogen-bond donors (Lipinski definition) is 0. The molecule has 0 N–H and O–H groups in total. The van der Waals surface area contributed by atoms with Gasteiger partial charge in [0.15, 0.2) is 0 Å². The van der Waals surface area contributed by atoms with Gasteiger partial charge in [-0.05, 0) is 49.3 Å². The zero-order valence-corrected chi connectivity index (χ0v) is 17.7. The Bertz CT molecular complexity index is 910. The molecule has 1 saturated carbocycles. The number of ether oxygens (including phenoxy) is 2. The normalized spacial score (nSPS) is 28.2. The first kappa shape index (κ1) is 20.9. The fourth-order valence-electron chi connectivity index (χ4n) is 4.91. The van der Waals surface area contributed by atoms with Crippen LogP contribution in [-0.2, 0) is 19.1 Å². The fourth-order valence-corrected chi connectivity index (χ4v) is 4.91. The highest BCUT2D eigenvalue weighted by Gasteiger charge is 2.47. The maximum absolute atomic E-state index is 13.6. The first-order valence-electron chi connectivity index (χ1n) is 10.6. The van der Waals surface area contributed by atoms with Crippen molar-refractivity contribution in [2.75, 3.05) is 13.2 Å². The van der Waals surface area contributed by atoms with Gasteiger partial charge in [0, 0.05) is 30.4 Å². The van der Waals surface area contributed by atoms with Crippen LogP contribution >= 0.6 is 0 Å². The van der Waals surface area contributed by atoms with Gasteiger partial charge in [0.2, 0.25) is 0 Å². The van der Waals surface area contributed by atoms with E-state index in [1.165, 1.54) is 12.1 Å². The summed E-state index contributed by atoms with van der Waals surface area (Å²) in [6, 6.07) is 6.03. The lowest BCUT2D eigenvalue weighted by molar-refractivity contribution is -0.142. The number of carbonyl (C=O) groups excluding carboxylic acids is 2. The number of carbonyl (C=O) groups is 2. The van der Waals surface area contributed by atoms with Crippen LogP contribution in [0, 0.1) is 17.2 Å². The van der Waals surface area contributed by atoms with E-state index in [-0.39, 0.29) is 29.7 Å². The van der Waals surface area contributed by atoms with Gasteiger partial charge in [-0.25, -0.2) is 9.18 Å². The van der Waals surface area contributed by atoms with Gasteiger partial charge in [0.1, 0.15) is 18.2 Å². The van der Waals surface area contributed by atoms with E-state index in [9.17, 15) is 14.0 Å². The minimum Gasteiger partial charge on any atom is -0.460 e. The molecular formula is C24H28FNO4. The lowest BCUT2D eigenvalue weighted by atomic mass is 9.63. The average Bonchev–Trinajstić information content (AvgIpc) is 3.18. The smallest absolute Gasteiger partial charge is 0.336 e. The van der Waals surface area contributed by atoms with Gasteiger partial charge in [0.05, 0.1) is 17.6 Å². The molecular weight excluding hydrogens is 385 g/mol. The van der Waals surface area contributed by atoms with E-state index in [2.05, 4.69) is 13.8 Å². The van der Waals surface area contributed by atoms with Crippen LogP contribution in [0.5, 0.6) is 0 Å². The van der Waals surface area contributed by atoms with Crippen LogP contribution in [0.2, 0.25) is 0 Å². The van der Waals surface area contributed by atoms with Crippen molar-refractivity contribution >= 4 is 17.5 Å². The fraction of sp³-hybridized carbons (Fsp3) is 0.542. The summed E-state index contributed by atoms with van der Waals surface area (Å²) in [6.45, 7) is 6.77. The standard InChI is InChI=1S/C24H28FNO4/c1-14-20(23(28)30-13-17-5-4-10-29-17)21(15-6-8-16(25)9-7-15)22-18(26-14)11-24(2,3)12-19(22)27/h6-9,17,21-22H,4-5,10-13H2,1-3H3/t17-,21+,22-/m1/s1. The number of esters is 1. The third kappa shape index (κ3) is 4.10. The molecule has 160 valence electrons. The number of aliphatic imine (C=N–C) groups is 1. The molecule has 3 aliphatic rings. The molecule has 1 aliphatic carbocycles.